The highest BCUT2D eigenvalue weighted by molar-refractivity contribution is 5.89. The number of carbonyl (C=O) groups is 1. The van der Waals surface area contributed by atoms with E-state index < -0.39 is 12.6 Å². The standard InChI is InChI=1S/C19H22F2N2O3/c1-12-7-8-15(11-17(12)26-18(20)21)23-19(24)22-13(2)9-14-5-4-6-16(10-14)25-3/h4-8,10-11,13,18H,9H2,1-3H3,(H2,22,23,24). The van der Waals surface area contributed by atoms with Crippen molar-refractivity contribution in [2.24, 2.45) is 0 Å². The maximum absolute atomic E-state index is 12.4. The van der Waals surface area contributed by atoms with Gasteiger partial charge in [-0.3, -0.25) is 0 Å². The zero-order chi connectivity index (χ0) is 19.1. The van der Waals surface area contributed by atoms with Crippen molar-refractivity contribution >= 4 is 11.7 Å². The molecule has 5 nitrogen and oxygen atoms in total. The van der Waals surface area contributed by atoms with Crippen molar-refractivity contribution in [3.8, 4) is 11.5 Å². The number of hydrogen-bond acceptors (Lipinski definition) is 3. The molecule has 0 aliphatic carbocycles. The Morgan fingerprint density at radius 3 is 2.65 bits per heavy atom. The smallest absolute Gasteiger partial charge is 0.387 e. The molecule has 0 heterocycles. The van der Waals surface area contributed by atoms with Crippen LogP contribution >= 0.6 is 0 Å². The molecular formula is C19H22F2N2O3. The number of hydrogen-bond donors (Lipinski definition) is 2. The van der Waals surface area contributed by atoms with Crippen molar-refractivity contribution < 1.29 is 23.0 Å². The van der Waals surface area contributed by atoms with Crippen LogP contribution in [0.1, 0.15) is 18.1 Å². The lowest BCUT2D eigenvalue weighted by Crippen LogP contribution is -2.37. The van der Waals surface area contributed by atoms with Gasteiger partial charge in [-0.1, -0.05) is 18.2 Å². The van der Waals surface area contributed by atoms with Gasteiger partial charge in [-0.15, -0.1) is 0 Å². The molecule has 0 saturated heterocycles. The fraction of sp³-hybridized carbons (Fsp3) is 0.316. The van der Waals surface area contributed by atoms with Gasteiger partial charge in [0.05, 0.1) is 7.11 Å². The molecule has 0 saturated carbocycles. The van der Waals surface area contributed by atoms with Crippen LogP contribution in [-0.2, 0) is 6.42 Å². The number of benzene rings is 2. The Labute approximate surface area is 151 Å². The predicted molar refractivity (Wildman–Crippen MR) is 96.1 cm³/mol. The van der Waals surface area contributed by atoms with Gasteiger partial charge in [-0.25, -0.2) is 4.79 Å². The third kappa shape index (κ3) is 5.91. The van der Waals surface area contributed by atoms with Crippen molar-refractivity contribution in [2.45, 2.75) is 32.9 Å². The summed E-state index contributed by atoms with van der Waals surface area (Å²) in [5, 5.41) is 5.43. The second-order valence-corrected chi connectivity index (χ2v) is 5.91. The monoisotopic (exact) mass is 364 g/mol. The lowest BCUT2D eigenvalue weighted by molar-refractivity contribution is -0.0502. The second-order valence-electron chi connectivity index (χ2n) is 5.91. The molecule has 1 atom stereocenters. The molecule has 2 N–H and O–H groups in total. The Hall–Kier alpha value is -2.83. The van der Waals surface area contributed by atoms with E-state index in [1.165, 1.54) is 6.07 Å². The summed E-state index contributed by atoms with van der Waals surface area (Å²) in [5.41, 5.74) is 1.96. The second kappa shape index (κ2) is 9.03. The van der Waals surface area contributed by atoms with E-state index in [-0.39, 0.29) is 11.8 Å². The average Bonchev–Trinajstić information content (AvgIpc) is 2.57. The Kier molecular flexibility index (Phi) is 6.77. The molecule has 0 fully saturated rings. The van der Waals surface area contributed by atoms with Crippen LogP contribution in [0.3, 0.4) is 0 Å². The van der Waals surface area contributed by atoms with Crippen LogP contribution in [0.5, 0.6) is 11.5 Å². The molecule has 26 heavy (non-hydrogen) atoms. The van der Waals surface area contributed by atoms with Gasteiger partial charge in [0.1, 0.15) is 11.5 Å². The van der Waals surface area contributed by atoms with Crippen molar-refractivity contribution in [1.29, 1.82) is 0 Å². The quantitative estimate of drug-likeness (QED) is 0.768. The Bertz CT molecular complexity index is 753. The van der Waals surface area contributed by atoms with E-state index in [2.05, 4.69) is 15.4 Å². The van der Waals surface area contributed by atoms with Crippen LogP contribution in [0.15, 0.2) is 42.5 Å². The number of methoxy groups -OCH3 is 1. The molecule has 0 aromatic heterocycles. The van der Waals surface area contributed by atoms with Crippen LogP contribution in [0.4, 0.5) is 19.3 Å². The molecule has 7 heteroatoms. The first-order valence-corrected chi connectivity index (χ1v) is 8.13. The SMILES string of the molecule is COc1cccc(CC(C)NC(=O)Nc2ccc(C)c(OC(F)F)c2)c1. The number of nitrogens with one attached hydrogen (secondary N) is 2. The summed E-state index contributed by atoms with van der Waals surface area (Å²) in [6.07, 6.45) is 0.623. The number of anilines is 1. The summed E-state index contributed by atoms with van der Waals surface area (Å²) in [4.78, 5) is 12.1. The first kappa shape index (κ1) is 19.5. The summed E-state index contributed by atoms with van der Waals surface area (Å²) in [7, 11) is 1.60. The highest BCUT2D eigenvalue weighted by atomic mass is 19.3. The third-order valence-corrected chi connectivity index (χ3v) is 3.72. The molecule has 2 aromatic rings. The summed E-state index contributed by atoms with van der Waals surface area (Å²) in [6.45, 7) is 0.609. The minimum atomic E-state index is -2.92. The lowest BCUT2D eigenvalue weighted by Gasteiger charge is -2.16. The number of urea groups is 1. The Morgan fingerprint density at radius 1 is 1.19 bits per heavy atom. The van der Waals surface area contributed by atoms with Crippen LogP contribution in [0, 0.1) is 6.92 Å². The normalized spacial score (nSPS) is 11.8. The molecular weight excluding hydrogens is 342 g/mol. The van der Waals surface area contributed by atoms with Gasteiger partial charge in [0.2, 0.25) is 0 Å². The van der Waals surface area contributed by atoms with Crippen LogP contribution in [0.2, 0.25) is 0 Å². The van der Waals surface area contributed by atoms with Gasteiger partial charge < -0.3 is 20.1 Å². The molecule has 2 rings (SSSR count). The van der Waals surface area contributed by atoms with Crippen molar-refractivity contribution in [3.63, 3.8) is 0 Å². The summed E-state index contributed by atoms with van der Waals surface area (Å²) < 4.78 is 34.4. The van der Waals surface area contributed by atoms with Gasteiger partial charge in [-0.05, 0) is 49.6 Å². The minimum Gasteiger partial charge on any atom is -0.497 e. The number of ether oxygens (including phenoxy) is 2. The van der Waals surface area contributed by atoms with E-state index in [0.717, 1.165) is 11.3 Å². The number of rotatable bonds is 7. The van der Waals surface area contributed by atoms with Gasteiger partial charge in [0.25, 0.3) is 0 Å². The van der Waals surface area contributed by atoms with E-state index in [1.54, 1.807) is 26.2 Å². The largest absolute Gasteiger partial charge is 0.497 e. The van der Waals surface area contributed by atoms with Crippen LogP contribution < -0.4 is 20.1 Å². The summed E-state index contributed by atoms with van der Waals surface area (Å²) in [6, 6.07) is 11.6. The number of alkyl halides is 2. The fourth-order valence-electron chi connectivity index (χ4n) is 2.50. The number of halogens is 2. The Balaban J connectivity index is 1.93. The van der Waals surface area contributed by atoms with Crippen molar-refractivity contribution in [2.75, 3.05) is 12.4 Å². The average molecular weight is 364 g/mol. The van der Waals surface area contributed by atoms with Gasteiger partial charge >= 0.3 is 12.6 Å². The Morgan fingerprint density at radius 2 is 1.96 bits per heavy atom. The molecule has 0 spiro atoms. The molecule has 0 aliphatic heterocycles. The molecule has 2 amide bonds. The topological polar surface area (TPSA) is 59.6 Å². The first-order valence-electron chi connectivity index (χ1n) is 8.13. The molecule has 1 unspecified atom stereocenters. The van der Waals surface area contributed by atoms with E-state index in [9.17, 15) is 13.6 Å². The first-order chi connectivity index (χ1) is 12.4. The highest BCUT2D eigenvalue weighted by Gasteiger charge is 2.12. The lowest BCUT2D eigenvalue weighted by atomic mass is 10.1. The van der Waals surface area contributed by atoms with Crippen LogP contribution in [0.25, 0.3) is 0 Å². The van der Waals surface area contributed by atoms with Crippen LogP contribution in [-0.4, -0.2) is 25.8 Å². The van der Waals surface area contributed by atoms with Gasteiger partial charge in [-0.2, -0.15) is 8.78 Å². The minimum absolute atomic E-state index is 0.0298. The zero-order valence-electron chi connectivity index (χ0n) is 14.9. The number of carbonyl (C=O) groups excluding carboxylic acids is 1. The van der Waals surface area contributed by atoms with E-state index in [0.29, 0.717) is 17.7 Å². The molecule has 2 aromatic carbocycles. The number of amides is 2. The van der Waals surface area contributed by atoms with Gasteiger partial charge in [0.15, 0.2) is 0 Å². The third-order valence-electron chi connectivity index (χ3n) is 3.72. The zero-order valence-corrected chi connectivity index (χ0v) is 14.9. The fourth-order valence-corrected chi connectivity index (χ4v) is 2.50. The molecule has 140 valence electrons. The number of aryl methyl sites for hydroxylation is 1. The predicted octanol–water partition coefficient (Wildman–Crippen LogP) is 4.36. The molecule has 0 bridgehead atoms. The maximum Gasteiger partial charge on any atom is 0.387 e. The van der Waals surface area contributed by atoms with E-state index in [1.807, 2.05) is 31.2 Å². The maximum atomic E-state index is 12.4. The highest BCUT2D eigenvalue weighted by Crippen LogP contribution is 2.24. The van der Waals surface area contributed by atoms with Gasteiger partial charge in [0, 0.05) is 17.8 Å². The van der Waals surface area contributed by atoms with Crippen molar-refractivity contribution in [3.05, 3.63) is 53.6 Å². The van der Waals surface area contributed by atoms with Crippen molar-refractivity contribution in [1.82, 2.24) is 5.32 Å². The summed E-state index contributed by atoms with van der Waals surface area (Å²) in [5.74, 6) is 0.785. The molecule has 0 radical (unpaired) electrons. The van der Waals surface area contributed by atoms with E-state index in [4.69, 9.17) is 4.74 Å². The molecule has 0 aliphatic rings. The summed E-state index contributed by atoms with van der Waals surface area (Å²) >= 11 is 0. The van der Waals surface area contributed by atoms with E-state index >= 15 is 0 Å².